The SMILES string of the molecule is Cc1ccc(CCCNC(=O)CCc2ccc(C)c(C)c2)cc1. The van der Waals surface area contributed by atoms with Crippen LogP contribution in [0.15, 0.2) is 42.5 Å². The Kier molecular flexibility index (Phi) is 6.40. The van der Waals surface area contributed by atoms with Crippen molar-refractivity contribution in [1.82, 2.24) is 5.32 Å². The third-order valence-electron chi connectivity index (χ3n) is 4.30. The zero-order valence-electron chi connectivity index (χ0n) is 14.5. The lowest BCUT2D eigenvalue weighted by Crippen LogP contribution is -2.25. The van der Waals surface area contributed by atoms with Crippen LogP contribution in [-0.2, 0) is 17.6 Å². The summed E-state index contributed by atoms with van der Waals surface area (Å²) in [6, 6.07) is 15.0. The monoisotopic (exact) mass is 309 g/mol. The summed E-state index contributed by atoms with van der Waals surface area (Å²) in [5, 5.41) is 3.02. The Morgan fingerprint density at radius 2 is 1.57 bits per heavy atom. The Bertz CT molecular complexity index is 643. The minimum absolute atomic E-state index is 0.145. The van der Waals surface area contributed by atoms with Gasteiger partial charge in [-0.2, -0.15) is 0 Å². The molecule has 2 aromatic carbocycles. The van der Waals surface area contributed by atoms with Crippen molar-refractivity contribution in [2.45, 2.75) is 46.5 Å². The molecule has 1 N–H and O–H groups in total. The van der Waals surface area contributed by atoms with Crippen molar-refractivity contribution in [3.05, 3.63) is 70.3 Å². The second kappa shape index (κ2) is 8.52. The highest BCUT2D eigenvalue weighted by Gasteiger charge is 2.03. The van der Waals surface area contributed by atoms with Crippen LogP contribution >= 0.6 is 0 Å². The fraction of sp³-hybridized carbons (Fsp3) is 0.381. The molecule has 2 rings (SSSR count). The summed E-state index contributed by atoms with van der Waals surface area (Å²) in [6.45, 7) is 7.07. The maximum Gasteiger partial charge on any atom is 0.220 e. The summed E-state index contributed by atoms with van der Waals surface area (Å²) < 4.78 is 0. The van der Waals surface area contributed by atoms with E-state index in [0.717, 1.165) is 25.8 Å². The number of hydrogen-bond donors (Lipinski definition) is 1. The van der Waals surface area contributed by atoms with E-state index in [4.69, 9.17) is 0 Å². The lowest BCUT2D eigenvalue weighted by molar-refractivity contribution is -0.121. The van der Waals surface area contributed by atoms with E-state index in [1.165, 1.54) is 27.8 Å². The second-order valence-corrected chi connectivity index (χ2v) is 6.36. The van der Waals surface area contributed by atoms with Crippen LogP contribution in [0, 0.1) is 20.8 Å². The van der Waals surface area contributed by atoms with Crippen molar-refractivity contribution >= 4 is 5.91 Å². The molecule has 0 spiro atoms. The number of benzene rings is 2. The van der Waals surface area contributed by atoms with Crippen molar-refractivity contribution < 1.29 is 4.79 Å². The van der Waals surface area contributed by atoms with Gasteiger partial charge < -0.3 is 5.32 Å². The number of carbonyl (C=O) groups excluding carboxylic acids is 1. The topological polar surface area (TPSA) is 29.1 Å². The van der Waals surface area contributed by atoms with Gasteiger partial charge in [-0.1, -0.05) is 48.0 Å². The van der Waals surface area contributed by atoms with Gasteiger partial charge in [0.15, 0.2) is 0 Å². The number of amides is 1. The maximum atomic E-state index is 11.9. The average Bonchev–Trinajstić information content (AvgIpc) is 2.54. The fourth-order valence-corrected chi connectivity index (χ4v) is 2.58. The fourth-order valence-electron chi connectivity index (χ4n) is 2.58. The van der Waals surface area contributed by atoms with Gasteiger partial charge in [0.05, 0.1) is 0 Å². The first-order valence-electron chi connectivity index (χ1n) is 8.43. The zero-order chi connectivity index (χ0) is 16.7. The lowest BCUT2D eigenvalue weighted by Gasteiger charge is -2.07. The minimum Gasteiger partial charge on any atom is -0.356 e. The molecule has 0 unspecified atom stereocenters. The van der Waals surface area contributed by atoms with E-state index in [9.17, 15) is 4.79 Å². The van der Waals surface area contributed by atoms with Gasteiger partial charge in [-0.25, -0.2) is 0 Å². The number of aryl methyl sites for hydroxylation is 5. The summed E-state index contributed by atoms with van der Waals surface area (Å²) in [4.78, 5) is 11.9. The van der Waals surface area contributed by atoms with Crippen molar-refractivity contribution in [1.29, 1.82) is 0 Å². The molecule has 2 aromatic rings. The Morgan fingerprint density at radius 3 is 2.26 bits per heavy atom. The van der Waals surface area contributed by atoms with Gasteiger partial charge in [0.1, 0.15) is 0 Å². The average molecular weight is 309 g/mol. The third kappa shape index (κ3) is 5.90. The normalized spacial score (nSPS) is 10.6. The van der Waals surface area contributed by atoms with E-state index < -0.39 is 0 Å². The molecule has 0 fully saturated rings. The smallest absolute Gasteiger partial charge is 0.220 e. The molecule has 0 radical (unpaired) electrons. The molecule has 0 aliphatic carbocycles. The van der Waals surface area contributed by atoms with Gasteiger partial charge in [0.2, 0.25) is 5.91 Å². The summed E-state index contributed by atoms with van der Waals surface area (Å²) in [5.74, 6) is 0.145. The first-order valence-corrected chi connectivity index (χ1v) is 8.43. The van der Waals surface area contributed by atoms with Crippen LogP contribution in [0.4, 0.5) is 0 Å². The molecule has 0 bridgehead atoms. The Labute approximate surface area is 139 Å². The molecular weight excluding hydrogens is 282 g/mol. The number of rotatable bonds is 7. The Hall–Kier alpha value is -2.09. The van der Waals surface area contributed by atoms with Crippen LogP contribution in [0.2, 0.25) is 0 Å². The van der Waals surface area contributed by atoms with Crippen LogP contribution < -0.4 is 5.32 Å². The predicted molar refractivity (Wildman–Crippen MR) is 96.7 cm³/mol. The van der Waals surface area contributed by atoms with Crippen molar-refractivity contribution in [3.63, 3.8) is 0 Å². The van der Waals surface area contributed by atoms with Crippen LogP contribution in [0.5, 0.6) is 0 Å². The molecule has 23 heavy (non-hydrogen) atoms. The molecule has 0 saturated heterocycles. The van der Waals surface area contributed by atoms with E-state index in [-0.39, 0.29) is 5.91 Å². The van der Waals surface area contributed by atoms with Crippen molar-refractivity contribution in [2.24, 2.45) is 0 Å². The molecule has 0 saturated carbocycles. The van der Waals surface area contributed by atoms with Crippen LogP contribution in [0.3, 0.4) is 0 Å². The van der Waals surface area contributed by atoms with Gasteiger partial charge in [-0.15, -0.1) is 0 Å². The largest absolute Gasteiger partial charge is 0.356 e. The molecule has 0 heterocycles. The summed E-state index contributed by atoms with van der Waals surface area (Å²) >= 11 is 0. The first-order chi connectivity index (χ1) is 11.0. The highest BCUT2D eigenvalue weighted by atomic mass is 16.1. The first kappa shape index (κ1) is 17.3. The number of nitrogens with one attached hydrogen (secondary N) is 1. The molecule has 1 amide bonds. The molecule has 2 heteroatoms. The molecule has 0 aliphatic heterocycles. The van der Waals surface area contributed by atoms with Gasteiger partial charge in [0, 0.05) is 13.0 Å². The second-order valence-electron chi connectivity index (χ2n) is 6.36. The van der Waals surface area contributed by atoms with Gasteiger partial charge >= 0.3 is 0 Å². The number of carbonyl (C=O) groups is 1. The van der Waals surface area contributed by atoms with Gasteiger partial charge in [0.25, 0.3) is 0 Å². The zero-order valence-corrected chi connectivity index (χ0v) is 14.5. The maximum absolute atomic E-state index is 11.9. The predicted octanol–water partition coefficient (Wildman–Crippen LogP) is 4.29. The summed E-state index contributed by atoms with van der Waals surface area (Å²) in [6.07, 6.45) is 3.37. The number of hydrogen-bond acceptors (Lipinski definition) is 1. The van der Waals surface area contributed by atoms with E-state index in [2.05, 4.69) is 68.6 Å². The summed E-state index contributed by atoms with van der Waals surface area (Å²) in [7, 11) is 0. The molecule has 0 aliphatic rings. The molecule has 0 atom stereocenters. The Balaban J connectivity index is 1.65. The third-order valence-corrected chi connectivity index (χ3v) is 4.30. The van der Waals surface area contributed by atoms with E-state index >= 15 is 0 Å². The van der Waals surface area contributed by atoms with Gasteiger partial charge in [-0.3, -0.25) is 4.79 Å². The van der Waals surface area contributed by atoms with E-state index in [1.54, 1.807) is 0 Å². The highest BCUT2D eigenvalue weighted by Crippen LogP contribution is 2.11. The Morgan fingerprint density at radius 1 is 0.870 bits per heavy atom. The lowest BCUT2D eigenvalue weighted by atomic mass is 10.0. The molecule has 2 nitrogen and oxygen atoms in total. The molecule has 0 aromatic heterocycles. The van der Waals surface area contributed by atoms with E-state index in [1.807, 2.05) is 0 Å². The van der Waals surface area contributed by atoms with E-state index in [0.29, 0.717) is 6.42 Å². The molecule has 122 valence electrons. The van der Waals surface area contributed by atoms with Crippen LogP contribution in [-0.4, -0.2) is 12.5 Å². The quantitative estimate of drug-likeness (QED) is 0.759. The standard InChI is InChI=1S/C21H27NO/c1-16-6-9-19(10-7-16)5-4-14-22-21(23)13-12-20-11-8-17(2)18(3)15-20/h6-11,15H,4-5,12-14H2,1-3H3,(H,22,23). The van der Waals surface area contributed by atoms with Crippen LogP contribution in [0.1, 0.15) is 40.7 Å². The van der Waals surface area contributed by atoms with Gasteiger partial charge in [-0.05, 0) is 62.3 Å². The highest BCUT2D eigenvalue weighted by molar-refractivity contribution is 5.76. The summed E-state index contributed by atoms with van der Waals surface area (Å²) in [5.41, 5.74) is 6.45. The van der Waals surface area contributed by atoms with Crippen molar-refractivity contribution in [3.8, 4) is 0 Å². The minimum atomic E-state index is 0.145. The van der Waals surface area contributed by atoms with Crippen molar-refractivity contribution in [2.75, 3.05) is 6.54 Å². The molecular formula is C21H27NO. The van der Waals surface area contributed by atoms with Crippen LogP contribution in [0.25, 0.3) is 0 Å².